The van der Waals surface area contributed by atoms with Crippen LogP contribution in [0.3, 0.4) is 0 Å². The lowest BCUT2D eigenvalue weighted by Crippen LogP contribution is -1.91. The molecule has 0 aliphatic carbocycles. The molecule has 2 rings (SSSR count). The number of aryl methyl sites for hydroxylation is 1. The lowest BCUT2D eigenvalue weighted by Gasteiger charge is -2.10. The Labute approximate surface area is 112 Å². The average Bonchev–Trinajstić information content (AvgIpc) is 2.67. The highest BCUT2D eigenvalue weighted by molar-refractivity contribution is 9.09. The molecular formula is C12H9BrCl2O. The van der Waals surface area contributed by atoms with E-state index in [4.69, 9.17) is 27.6 Å². The molecule has 1 aromatic heterocycles. The van der Waals surface area contributed by atoms with Gasteiger partial charge in [0.1, 0.15) is 5.76 Å². The maximum absolute atomic E-state index is 6.13. The van der Waals surface area contributed by atoms with E-state index < -0.39 is 0 Å². The van der Waals surface area contributed by atoms with Crippen LogP contribution in [0.15, 0.2) is 34.9 Å². The number of rotatable bonds is 2. The Kier molecular flexibility index (Phi) is 3.63. The minimum atomic E-state index is -0.00356. The highest BCUT2D eigenvalue weighted by Crippen LogP contribution is 2.37. The first-order chi connectivity index (χ1) is 7.58. The molecule has 0 radical (unpaired) electrons. The molecule has 16 heavy (non-hydrogen) atoms. The fourth-order valence-corrected chi connectivity index (χ4v) is 2.64. The smallest absolute Gasteiger partial charge is 0.101 e. The monoisotopic (exact) mass is 318 g/mol. The zero-order valence-corrected chi connectivity index (χ0v) is 11.6. The van der Waals surface area contributed by atoms with Gasteiger partial charge in [-0.05, 0) is 36.8 Å². The Morgan fingerprint density at radius 2 is 2.00 bits per heavy atom. The first-order valence-electron chi connectivity index (χ1n) is 4.72. The van der Waals surface area contributed by atoms with Crippen LogP contribution in [0.2, 0.25) is 10.0 Å². The maximum Gasteiger partial charge on any atom is 0.101 e. The minimum absolute atomic E-state index is 0.00356. The topological polar surface area (TPSA) is 13.1 Å². The average molecular weight is 320 g/mol. The third kappa shape index (κ3) is 2.45. The summed E-state index contributed by atoms with van der Waals surface area (Å²) >= 11 is 15.7. The van der Waals surface area contributed by atoms with Gasteiger partial charge in [0.05, 0.1) is 11.1 Å². The second-order valence-corrected chi connectivity index (χ2v) is 5.28. The molecule has 2 aromatic rings. The second kappa shape index (κ2) is 4.82. The summed E-state index contributed by atoms with van der Waals surface area (Å²) in [5.74, 6) is 0.873. The van der Waals surface area contributed by atoms with E-state index in [2.05, 4.69) is 15.9 Å². The Morgan fingerprint density at radius 1 is 1.25 bits per heavy atom. The van der Waals surface area contributed by atoms with Crippen molar-refractivity contribution in [2.24, 2.45) is 0 Å². The Morgan fingerprint density at radius 3 is 2.62 bits per heavy atom. The van der Waals surface area contributed by atoms with Crippen LogP contribution < -0.4 is 0 Å². The molecule has 0 amide bonds. The molecular weight excluding hydrogens is 311 g/mol. The molecule has 0 fully saturated rings. The van der Waals surface area contributed by atoms with Gasteiger partial charge in [-0.3, -0.25) is 0 Å². The van der Waals surface area contributed by atoms with Gasteiger partial charge in [-0.1, -0.05) is 39.1 Å². The van der Waals surface area contributed by atoms with Crippen LogP contribution in [0.25, 0.3) is 0 Å². The number of hydrogen-bond acceptors (Lipinski definition) is 1. The molecule has 1 unspecified atom stereocenters. The Hall–Kier alpha value is -0.440. The zero-order chi connectivity index (χ0) is 11.7. The lowest BCUT2D eigenvalue weighted by atomic mass is 10.1. The quantitative estimate of drug-likeness (QED) is 0.677. The fourth-order valence-electron chi connectivity index (χ4n) is 1.49. The minimum Gasteiger partial charge on any atom is -0.469 e. The molecule has 1 nitrogen and oxygen atoms in total. The van der Waals surface area contributed by atoms with Gasteiger partial charge in [0, 0.05) is 15.6 Å². The van der Waals surface area contributed by atoms with E-state index >= 15 is 0 Å². The normalized spacial score (nSPS) is 12.8. The van der Waals surface area contributed by atoms with Gasteiger partial charge in [-0.2, -0.15) is 0 Å². The molecule has 84 valence electrons. The van der Waals surface area contributed by atoms with E-state index in [9.17, 15) is 0 Å². The van der Waals surface area contributed by atoms with E-state index in [1.165, 1.54) is 0 Å². The van der Waals surface area contributed by atoms with E-state index in [0.717, 1.165) is 16.9 Å². The van der Waals surface area contributed by atoms with Gasteiger partial charge in [-0.25, -0.2) is 0 Å². The summed E-state index contributed by atoms with van der Waals surface area (Å²) in [4.78, 5) is -0.00356. The number of alkyl halides is 1. The number of hydrogen-bond donors (Lipinski definition) is 0. The summed E-state index contributed by atoms with van der Waals surface area (Å²) in [6.45, 7) is 1.91. The van der Waals surface area contributed by atoms with Crippen molar-refractivity contribution in [3.8, 4) is 0 Å². The van der Waals surface area contributed by atoms with Crippen molar-refractivity contribution in [1.82, 2.24) is 0 Å². The van der Waals surface area contributed by atoms with Crippen LogP contribution >= 0.6 is 39.1 Å². The zero-order valence-electron chi connectivity index (χ0n) is 8.51. The van der Waals surface area contributed by atoms with Crippen molar-refractivity contribution < 1.29 is 4.42 Å². The first-order valence-corrected chi connectivity index (χ1v) is 6.39. The molecule has 0 saturated carbocycles. The summed E-state index contributed by atoms with van der Waals surface area (Å²) in [5.41, 5.74) is 1.97. The van der Waals surface area contributed by atoms with Crippen molar-refractivity contribution in [2.75, 3.05) is 0 Å². The molecule has 0 N–H and O–H groups in total. The molecule has 4 heteroatoms. The van der Waals surface area contributed by atoms with E-state index in [-0.39, 0.29) is 4.83 Å². The van der Waals surface area contributed by atoms with Crippen LogP contribution in [0.4, 0.5) is 0 Å². The molecule has 1 aromatic carbocycles. The Bertz CT molecular complexity index is 507. The third-order valence-electron chi connectivity index (χ3n) is 2.27. The molecule has 0 saturated heterocycles. The van der Waals surface area contributed by atoms with Crippen LogP contribution in [0, 0.1) is 6.92 Å². The maximum atomic E-state index is 6.13. The van der Waals surface area contributed by atoms with Crippen molar-refractivity contribution in [3.63, 3.8) is 0 Å². The molecule has 0 bridgehead atoms. The summed E-state index contributed by atoms with van der Waals surface area (Å²) in [5, 5.41) is 1.36. The van der Waals surface area contributed by atoms with Crippen LogP contribution in [-0.4, -0.2) is 0 Å². The Balaban J connectivity index is 2.40. The van der Waals surface area contributed by atoms with Crippen LogP contribution in [0.5, 0.6) is 0 Å². The molecule has 0 aliphatic rings. The first kappa shape index (κ1) is 12.0. The largest absolute Gasteiger partial charge is 0.469 e. The molecule has 1 heterocycles. The number of furan rings is 1. The highest BCUT2D eigenvalue weighted by Gasteiger charge is 2.16. The molecule has 0 spiro atoms. The van der Waals surface area contributed by atoms with Gasteiger partial charge >= 0.3 is 0 Å². The van der Waals surface area contributed by atoms with Crippen LogP contribution in [-0.2, 0) is 0 Å². The van der Waals surface area contributed by atoms with E-state index in [0.29, 0.717) is 10.0 Å². The van der Waals surface area contributed by atoms with Crippen LogP contribution in [0.1, 0.15) is 21.7 Å². The predicted octanol–water partition coefficient (Wildman–Crippen LogP) is 5.38. The number of halogens is 3. The van der Waals surface area contributed by atoms with E-state index in [1.807, 2.05) is 19.1 Å². The van der Waals surface area contributed by atoms with Gasteiger partial charge in [0.2, 0.25) is 0 Å². The molecule has 0 aliphatic heterocycles. The highest BCUT2D eigenvalue weighted by atomic mass is 79.9. The summed E-state index contributed by atoms with van der Waals surface area (Å²) in [6.07, 6.45) is 1.71. The summed E-state index contributed by atoms with van der Waals surface area (Å²) < 4.78 is 5.27. The van der Waals surface area contributed by atoms with E-state index in [1.54, 1.807) is 18.4 Å². The van der Waals surface area contributed by atoms with Gasteiger partial charge in [-0.15, -0.1) is 0 Å². The predicted molar refractivity (Wildman–Crippen MR) is 70.7 cm³/mol. The van der Waals surface area contributed by atoms with Gasteiger partial charge in [0.15, 0.2) is 0 Å². The van der Waals surface area contributed by atoms with Crippen molar-refractivity contribution in [1.29, 1.82) is 0 Å². The third-order valence-corrected chi connectivity index (χ3v) is 3.88. The number of benzene rings is 1. The van der Waals surface area contributed by atoms with Crippen molar-refractivity contribution in [3.05, 3.63) is 57.5 Å². The van der Waals surface area contributed by atoms with Crippen molar-refractivity contribution in [2.45, 2.75) is 11.8 Å². The summed E-state index contributed by atoms with van der Waals surface area (Å²) in [6, 6.07) is 7.39. The lowest BCUT2D eigenvalue weighted by molar-refractivity contribution is 0.532. The second-order valence-electron chi connectivity index (χ2n) is 3.52. The van der Waals surface area contributed by atoms with Gasteiger partial charge in [0.25, 0.3) is 0 Å². The summed E-state index contributed by atoms with van der Waals surface area (Å²) in [7, 11) is 0. The fraction of sp³-hybridized carbons (Fsp3) is 0.167. The van der Waals surface area contributed by atoms with Gasteiger partial charge < -0.3 is 4.42 Å². The van der Waals surface area contributed by atoms with Crippen molar-refractivity contribution >= 4 is 39.1 Å². The standard InChI is InChI=1S/C12H9BrCl2O/c1-7-4-8(6-16-7)12(13)10-5-9(14)2-3-11(10)15/h2-6,12H,1H3. The SMILES string of the molecule is Cc1cc(C(Br)c2cc(Cl)ccc2Cl)co1. The molecule has 1 atom stereocenters.